The fourth-order valence-corrected chi connectivity index (χ4v) is 1.27. The average molecular weight is 222 g/mol. The maximum atomic E-state index is 11.2. The van der Waals surface area contributed by atoms with Crippen molar-refractivity contribution in [3.05, 3.63) is 0 Å². The summed E-state index contributed by atoms with van der Waals surface area (Å²) < 4.78 is 0. The summed E-state index contributed by atoms with van der Waals surface area (Å²) in [6.07, 6.45) is 5.67. The van der Waals surface area contributed by atoms with Gasteiger partial charge in [0.2, 0.25) is 0 Å². The summed E-state index contributed by atoms with van der Waals surface area (Å²) in [6, 6.07) is 0. The van der Waals surface area contributed by atoms with Crippen molar-refractivity contribution in [3.63, 3.8) is 0 Å². The largest absolute Gasteiger partial charge is 1.00 e. The van der Waals surface area contributed by atoms with Gasteiger partial charge in [-0.05, 0) is 25.7 Å². The third-order valence-corrected chi connectivity index (χ3v) is 2.15. The molecule has 0 radical (unpaired) electrons. The molecule has 15 heavy (non-hydrogen) atoms. The summed E-state index contributed by atoms with van der Waals surface area (Å²) >= 11 is 0. The standard InChI is InChI=1S/C11H20O3.Na/c1-2-3-7-10(12)8-5-4-6-9-11(13)14;/h2-9H2,1H3,(H,13,14);/q;+1/p-1. The number of carbonyl (C=O) groups excluding carboxylic acids is 2. The van der Waals surface area contributed by atoms with Crippen LogP contribution in [0.5, 0.6) is 0 Å². The van der Waals surface area contributed by atoms with E-state index in [-0.39, 0.29) is 36.0 Å². The van der Waals surface area contributed by atoms with E-state index in [2.05, 4.69) is 6.92 Å². The molecule has 0 atom stereocenters. The van der Waals surface area contributed by atoms with Crippen molar-refractivity contribution < 1.29 is 44.3 Å². The summed E-state index contributed by atoms with van der Waals surface area (Å²) in [4.78, 5) is 21.2. The predicted octanol–water partition coefficient (Wildman–Crippen LogP) is -1.55. The molecule has 0 bridgehead atoms. The van der Waals surface area contributed by atoms with Gasteiger partial charge in [-0.25, -0.2) is 0 Å². The number of hydrogen-bond donors (Lipinski definition) is 0. The first-order valence-corrected chi connectivity index (χ1v) is 5.38. The van der Waals surface area contributed by atoms with Crippen molar-refractivity contribution in [2.45, 2.75) is 58.3 Å². The fourth-order valence-electron chi connectivity index (χ4n) is 1.27. The molecule has 0 heterocycles. The molecule has 0 saturated heterocycles. The van der Waals surface area contributed by atoms with E-state index in [4.69, 9.17) is 0 Å². The Hall–Kier alpha value is 0.140. The Balaban J connectivity index is 0. The van der Waals surface area contributed by atoms with Gasteiger partial charge in [-0.3, -0.25) is 4.79 Å². The number of Topliss-reactive ketones (excluding diaryl/α,β-unsaturated/α-hetero) is 1. The average Bonchev–Trinajstić information content (AvgIpc) is 2.13. The van der Waals surface area contributed by atoms with Crippen LogP contribution in [0, 0.1) is 0 Å². The SMILES string of the molecule is CCCCC(=O)CCCCCC(=O)[O-].[Na+]. The third-order valence-electron chi connectivity index (χ3n) is 2.15. The Morgan fingerprint density at radius 3 is 2.00 bits per heavy atom. The number of carboxylic acids is 1. The topological polar surface area (TPSA) is 57.2 Å². The molecular weight excluding hydrogens is 203 g/mol. The van der Waals surface area contributed by atoms with Crippen LogP contribution in [0.1, 0.15) is 58.3 Å². The fraction of sp³-hybridized carbons (Fsp3) is 0.818. The molecule has 0 aromatic carbocycles. The number of carboxylic acid groups (broad SMARTS) is 1. The molecule has 82 valence electrons. The van der Waals surface area contributed by atoms with Crippen LogP contribution in [-0.4, -0.2) is 11.8 Å². The quantitative estimate of drug-likeness (QED) is 0.350. The molecule has 0 saturated carbocycles. The number of unbranched alkanes of at least 4 members (excludes halogenated alkanes) is 3. The maximum absolute atomic E-state index is 11.2. The summed E-state index contributed by atoms with van der Waals surface area (Å²) in [5, 5.41) is 10.1. The van der Waals surface area contributed by atoms with Gasteiger partial charge >= 0.3 is 29.6 Å². The summed E-state index contributed by atoms with van der Waals surface area (Å²) in [6.45, 7) is 2.06. The molecule has 0 aliphatic rings. The first kappa shape index (κ1) is 17.5. The van der Waals surface area contributed by atoms with Gasteiger partial charge in [-0.2, -0.15) is 0 Å². The van der Waals surface area contributed by atoms with Crippen LogP contribution in [0.3, 0.4) is 0 Å². The zero-order valence-corrected chi connectivity index (χ0v) is 11.9. The molecule has 3 nitrogen and oxygen atoms in total. The minimum Gasteiger partial charge on any atom is -0.550 e. The van der Waals surface area contributed by atoms with E-state index in [1.54, 1.807) is 0 Å². The number of carbonyl (C=O) groups is 2. The van der Waals surface area contributed by atoms with Crippen molar-refractivity contribution in [2.24, 2.45) is 0 Å². The first-order chi connectivity index (χ1) is 6.66. The molecule has 0 spiro atoms. The van der Waals surface area contributed by atoms with E-state index >= 15 is 0 Å². The van der Waals surface area contributed by atoms with Gasteiger partial charge in [0.1, 0.15) is 5.78 Å². The van der Waals surface area contributed by atoms with Gasteiger partial charge in [0.25, 0.3) is 0 Å². The first-order valence-electron chi connectivity index (χ1n) is 5.38. The summed E-state index contributed by atoms with van der Waals surface area (Å²) in [5.74, 6) is -0.692. The second kappa shape index (κ2) is 12.2. The number of hydrogen-bond acceptors (Lipinski definition) is 3. The van der Waals surface area contributed by atoms with Crippen LogP contribution in [0.2, 0.25) is 0 Å². The molecule has 4 heteroatoms. The van der Waals surface area contributed by atoms with Gasteiger partial charge in [0, 0.05) is 18.8 Å². The van der Waals surface area contributed by atoms with Crippen LogP contribution in [0.15, 0.2) is 0 Å². The van der Waals surface area contributed by atoms with Gasteiger partial charge in [0.15, 0.2) is 0 Å². The number of rotatable bonds is 9. The van der Waals surface area contributed by atoms with E-state index in [1.165, 1.54) is 0 Å². The van der Waals surface area contributed by atoms with Gasteiger partial charge < -0.3 is 9.90 Å². The molecule has 0 aromatic heterocycles. The van der Waals surface area contributed by atoms with Crippen molar-refractivity contribution in [1.29, 1.82) is 0 Å². The van der Waals surface area contributed by atoms with Crippen LogP contribution in [0.25, 0.3) is 0 Å². The van der Waals surface area contributed by atoms with Gasteiger partial charge in [-0.15, -0.1) is 0 Å². The monoisotopic (exact) mass is 222 g/mol. The second-order valence-electron chi connectivity index (χ2n) is 3.57. The smallest absolute Gasteiger partial charge is 0.550 e. The molecule has 0 rings (SSSR count). The van der Waals surface area contributed by atoms with E-state index in [9.17, 15) is 14.7 Å². The van der Waals surface area contributed by atoms with Crippen LogP contribution in [-0.2, 0) is 9.59 Å². The van der Waals surface area contributed by atoms with Crippen LogP contribution < -0.4 is 34.7 Å². The van der Waals surface area contributed by atoms with Crippen molar-refractivity contribution in [2.75, 3.05) is 0 Å². The Bertz CT molecular complexity index is 181. The Morgan fingerprint density at radius 2 is 1.47 bits per heavy atom. The summed E-state index contributed by atoms with van der Waals surface area (Å²) in [7, 11) is 0. The minimum atomic E-state index is -0.998. The van der Waals surface area contributed by atoms with E-state index in [0.717, 1.165) is 25.7 Å². The molecule has 0 aromatic rings. The Kier molecular flexibility index (Phi) is 14.3. The second-order valence-corrected chi connectivity index (χ2v) is 3.57. The molecular formula is C11H19NaO3. The number of ketones is 1. The summed E-state index contributed by atoms with van der Waals surface area (Å²) in [5.41, 5.74) is 0. The Morgan fingerprint density at radius 1 is 0.933 bits per heavy atom. The van der Waals surface area contributed by atoms with Crippen molar-refractivity contribution in [1.82, 2.24) is 0 Å². The van der Waals surface area contributed by atoms with Gasteiger partial charge in [0.05, 0.1) is 0 Å². The minimum absolute atomic E-state index is 0. The molecule has 0 unspecified atom stereocenters. The number of aliphatic carboxylic acids is 1. The Labute approximate surface area is 114 Å². The van der Waals surface area contributed by atoms with Crippen LogP contribution >= 0.6 is 0 Å². The molecule has 0 fully saturated rings. The predicted molar refractivity (Wildman–Crippen MR) is 52.6 cm³/mol. The molecule has 0 aliphatic carbocycles. The normalized spacial score (nSPS) is 9.40. The zero-order chi connectivity index (χ0) is 10.8. The third kappa shape index (κ3) is 14.1. The zero-order valence-electron chi connectivity index (χ0n) is 9.88. The molecule has 0 aliphatic heterocycles. The van der Waals surface area contributed by atoms with Crippen LogP contribution in [0.4, 0.5) is 0 Å². The van der Waals surface area contributed by atoms with Crippen molar-refractivity contribution >= 4 is 11.8 Å². The van der Waals surface area contributed by atoms with Crippen molar-refractivity contribution in [3.8, 4) is 0 Å². The van der Waals surface area contributed by atoms with E-state index in [1.807, 2.05) is 0 Å². The molecule has 0 N–H and O–H groups in total. The maximum Gasteiger partial charge on any atom is 1.00 e. The van der Waals surface area contributed by atoms with Gasteiger partial charge in [-0.1, -0.05) is 19.8 Å². The van der Waals surface area contributed by atoms with E-state index in [0.29, 0.717) is 25.0 Å². The molecule has 0 amide bonds. The van der Waals surface area contributed by atoms with E-state index < -0.39 is 5.97 Å².